The van der Waals surface area contributed by atoms with Gasteiger partial charge < -0.3 is 19.3 Å². The number of fused-ring (bicyclic) bond motifs is 1. The fraction of sp³-hybridized carbons (Fsp3) is 0.588. The molecular weight excluding hydrogens is 298 g/mol. The van der Waals surface area contributed by atoms with Gasteiger partial charge in [0.1, 0.15) is 5.60 Å². The summed E-state index contributed by atoms with van der Waals surface area (Å²) in [5.41, 5.74) is 1.44. The number of hydrogen-bond donors (Lipinski definition) is 1. The fourth-order valence-electron chi connectivity index (χ4n) is 2.67. The van der Waals surface area contributed by atoms with Crippen molar-refractivity contribution in [3.8, 4) is 11.5 Å². The maximum atomic E-state index is 12.4. The zero-order chi connectivity index (χ0) is 17.2. The number of ether oxygens (including phenoxy) is 3. The Kier molecular flexibility index (Phi) is 5.04. The average Bonchev–Trinajstić information content (AvgIpc) is 2.50. The Labute approximate surface area is 136 Å². The normalized spacial score (nSPS) is 17.5. The summed E-state index contributed by atoms with van der Waals surface area (Å²) >= 11 is 0. The summed E-state index contributed by atoms with van der Waals surface area (Å²) in [7, 11) is 3.17. The van der Waals surface area contributed by atoms with Crippen LogP contribution in [0.5, 0.6) is 11.5 Å². The molecule has 1 N–H and O–H groups in total. The van der Waals surface area contributed by atoms with Crippen molar-refractivity contribution in [3.63, 3.8) is 0 Å². The Morgan fingerprint density at radius 2 is 1.78 bits per heavy atom. The number of benzene rings is 1. The number of methoxy groups -OCH3 is 2. The second kappa shape index (κ2) is 6.66. The summed E-state index contributed by atoms with van der Waals surface area (Å²) in [5.74, 6) is 1.27. The van der Waals surface area contributed by atoms with Crippen LogP contribution in [0.1, 0.15) is 31.9 Å². The molecule has 1 atom stereocenters. The minimum absolute atomic E-state index is 0.118. The Bertz CT molecular complexity index is 579. The average molecular weight is 323 g/mol. The fourth-order valence-corrected chi connectivity index (χ4v) is 2.67. The summed E-state index contributed by atoms with van der Waals surface area (Å²) < 4.78 is 16.1. The number of carbonyl (C=O) groups excluding carboxylic acids is 1. The molecule has 23 heavy (non-hydrogen) atoms. The molecule has 1 aliphatic heterocycles. The number of carbonyl (C=O) groups is 1. The molecule has 1 aliphatic rings. The van der Waals surface area contributed by atoms with Crippen molar-refractivity contribution in [2.45, 2.75) is 45.4 Å². The van der Waals surface area contributed by atoms with E-state index in [1.165, 1.54) is 0 Å². The second-order valence-electron chi connectivity index (χ2n) is 6.62. The van der Waals surface area contributed by atoms with Crippen molar-refractivity contribution in [2.24, 2.45) is 0 Å². The molecule has 0 radical (unpaired) electrons. The van der Waals surface area contributed by atoms with Crippen LogP contribution in [-0.4, -0.2) is 48.6 Å². The van der Waals surface area contributed by atoms with Gasteiger partial charge in [0.25, 0.3) is 0 Å². The third-order valence-corrected chi connectivity index (χ3v) is 3.78. The molecule has 0 fully saturated rings. The molecule has 1 heterocycles. The van der Waals surface area contributed by atoms with Gasteiger partial charge in [-0.2, -0.15) is 0 Å². The van der Waals surface area contributed by atoms with Gasteiger partial charge in [0.05, 0.1) is 26.9 Å². The molecule has 0 spiro atoms. The quantitative estimate of drug-likeness (QED) is 0.925. The number of aliphatic hydroxyl groups is 1. The van der Waals surface area contributed by atoms with Gasteiger partial charge in [-0.05, 0) is 50.5 Å². The summed E-state index contributed by atoms with van der Waals surface area (Å²) in [6, 6.07) is 3.47. The molecule has 128 valence electrons. The van der Waals surface area contributed by atoms with E-state index in [1.54, 1.807) is 19.1 Å². The van der Waals surface area contributed by atoms with Crippen LogP contribution in [0.2, 0.25) is 0 Å². The number of amides is 1. The minimum Gasteiger partial charge on any atom is -0.493 e. The Balaban J connectivity index is 2.31. The van der Waals surface area contributed by atoms with E-state index in [4.69, 9.17) is 14.2 Å². The number of hydrogen-bond acceptors (Lipinski definition) is 5. The van der Waals surface area contributed by atoms with E-state index < -0.39 is 11.7 Å². The lowest BCUT2D eigenvalue weighted by atomic mass is 9.94. The molecule has 1 unspecified atom stereocenters. The highest BCUT2D eigenvalue weighted by Crippen LogP contribution is 2.35. The summed E-state index contributed by atoms with van der Waals surface area (Å²) in [5, 5.41) is 9.66. The van der Waals surface area contributed by atoms with E-state index in [0.29, 0.717) is 24.5 Å². The lowest BCUT2D eigenvalue weighted by Gasteiger charge is -2.37. The van der Waals surface area contributed by atoms with E-state index in [-0.39, 0.29) is 12.6 Å². The van der Waals surface area contributed by atoms with Crippen LogP contribution in [0, 0.1) is 0 Å². The Morgan fingerprint density at radius 3 is 2.26 bits per heavy atom. The van der Waals surface area contributed by atoms with Gasteiger partial charge in [-0.15, -0.1) is 0 Å². The monoisotopic (exact) mass is 323 g/mol. The van der Waals surface area contributed by atoms with Gasteiger partial charge in [-0.1, -0.05) is 0 Å². The Morgan fingerprint density at radius 1 is 1.22 bits per heavy atom. The van der Waals surface area contributed by atoms with Crippen LogP contribution in [0.15, 0.2) is 12.1 Å². The number of aliphatic hydroxyl groups excluding tert-OH is 1. The molecule has 6 nitrogen and oxygen atoms in total. The van der Waals surface area contributed by atoms with Gasteiger partial charge >= 0.3 is 6.09 Å². The molecule has 1 aromatic rings. The Hall–Kier alpha value is -1.95. The smallest absolute Gasteiger partial charge is 0.410 e. The zero-order valence-electron chi connectivity index (χ0n) is 14.4. The van der Waals surface area contributed by atoms with Crippen molar-refractivity contribution >= 4 is 6.09 Å². The largest absolute Gasteiger partial charge is 0.493 e. The topological polar surface area (TPSA) is 68.2 Å². The highest BCUT2D eigenvalue weighted by atomic mass is 16.6. The molecule has 6 heteroatoms. The van der Waals surface area contributed by atoms with Crippen LogP contribution in [0.3, 0.4) is 0 Å². The van der Waals surface area contributed by atoms with Gasteiger partial charge in [-0.25, -0.2) is 4.79 Å². The van der Waals surface area contributed by atoms with E-state index in [2.05, 4.69) is 0 Å². The third kappa shape index (κ3) is 3.88. The van der Waals surface area contributed by atoms with E-state index in [9.17, 15) is 9.90 Å². The summed E-state index contributed by atoms with van der Waals surface area (Å²) in [6.45, 7) is 5.72. The minimum atomic E-state index is -0.574. The summed E-state index contributed by atoms with van der Waals surface area (Å²) in [6.07, 6.45) is 0.128. The van der Waals surface area contributed by atoms with Gasteiger partial charge in [-0.3, -0.25) is 4.90 Å². The molecule has 0 aromatic heterocycles. The highest BCUT2D eigenvalue weighted by Gasteiger charge is 2.33. The first-order chi connectivity index (χ1) is 10.8. The van der Waals surface area contributed by atoms with Crippen LogP contribution in [0.25, 0.3) is 0 Å². The lowest BCUT2D eigenvalue weighted by molar-refractivity contribution is 0.00457. The van der Waals surface area contributed by atoms with Crippen molar-refractivity contribution in [1.29, 1.82) is 0 Å². The van der Waals surface area contributed by atoms with Gasteiger partial charge in [0.15, 0.2) is 11.5 Å². The first-order valence-electron chi connectivity index (χ1n) is 7.63. The van der Waals surface area contributed by atoms with Crippen LogP contribution >= 0.6 is 0 Å². The predicted octanol–water partition coefficient (Wildman–Crippen LogP) is 2.36. The number of nitrogens with zero attached hydrogens (tertiary/aromatic N) is 1. The standard InChI is InChI=1S/C17H25NO5/c1-17(2,3)23-16(20)18-9-12-8-15(22-5)14(21-4)7-11(12)6-13(18)10-19/h7-8,13,19H,6,9-10H2,1-5H3. The van der Waals surface area contributed by atoms with Crippen molar-refractivity contribution in [3.05, 3.63) is 23.3 Å². The van der Waals surface area contributed by atoms with Crippen LogP contribution in [-0.2, 0) is 17.7 Å². The van der Waals surface area contributed by atoms with Crippen LogP contribution < -0.4 is 9.47 Å². The van der Waals surface area contributed by atoms with Crippen LogP contribution in [0.4, 0.5) is 4.79 Å². The molecular formula is C17H25NO5. The second-order valence-corrected chi connectivity index (χ2v) is 6.62. The van der Waals surface area contributed by atoms with Crippen molar-refractivity contribution < 1.29 is 24.1 Å². The molecule has 1 aromatic carbocycles. The SMILES string of the molecule is COc1cc2c(cc1OC)CN(C(=O)OC(C)(C)C)C(CO)C2. The lowest BCUT2D eigenvalue weighted by Crippen LogP contribution is -2.48. The van der Waals surface area contributed by atoms with Gasteiger partial charge in [0, 0.05) is 6.54 Å². The maximum absolute atomic E-state index is 12.4. The van der Waals surface area contributed by atoms with E-state index >= 15 is 0 Å². The molecule has 0 aliphatic carbocycles. The zero-order valence-corrected chi connectivity index (χ0v) is 14.4. The third-order valence-electron chi connectivity index (χ3n) is 3.78. The first kappa shape index (κ1) is 17.4. The molecule has 1 amide bonds. The number of rotatable bonds is 3. The van der Waals surface area contributed by atoms with Crippen molar-refractivity contribution in [2.75, 3.05) is 20.8 Å². The first-order valence-corrected chi connectivity index (χ1v) is 7.63. The van der Waals surface area contributed by atoms with Crippen molar-refractivity contribution in [1.82, 2.24) is 4.90 Å². The van der Waals surface area contributed by atoms with E-state index in [1.807, 2.05) is 32.9 Å². The molecule has 2 rings (SSSR count). The maximum Gasteiger partial charge on any atom is 0.410 e. The molecule has 0 bridgehead atoms. The highest BCUT2D eigenvalue weighted by molar-refractivity contribution is 5.69. The molecule has 0 saturated carbocycles. The molecule has 0 saturated heterocycles. The predicted molar refractivity (Wildman–Crippen MR) is 85.9 cm³/mol. The van der Waals surface area contributed by atoms with E-state index in [0.717, 1.165) is 11.1 Å². The van der Waals surface area contributed by atoms with Gasteiger partial charge in [0.2, 0.25) is 0 Å². The summed E-state index contributed by atoms with van der Waals surface area (Å²) in [4.78, 5) is 14.0.